The molecule has 6 nitrogen and oxygen atoms in total. The van der Waals surface area contributed by atoms with Gasteiger partial charge in [-0.1, -0.05) is 48.5 Å². The number of nitrogens with one attached hydrogen (secondary N) is 1. The lowest BCUT2D eigenvalue weighted by molar-refractivity contribution is 0.0509. The van der Waals surface area contributed by atoms with Crippen LogP contribution < -0.4 is 0 Å². The maximum Gasteiger partial charge on any atom is 0.338 e. The largest absolute Gasteiger partial charge is 0.462 e. The van der Waals surface area contributed by atoms with E-state index in [4.69, 9.17) is 9.15 Å². The van der Waals surface area contributed by atoms with Crippen LogP contribution in [-0.2, 0) is 11.2 Å². The Morgan fingerprint density at radius 1 is 1.06 bits per heavy atom. The minimum absolute atomic E-state index is 0.324. The number of nitrogens with zero attached hydrogens (tertiary/aromatic N) is 2. The number of aromatic nitrogens is 2. The zero-order chi connectivity index (χ0) is 24.9. The molecule has 5 rings (SSSR count). The molecular weight excluding hydrogens is 450 g/mol. The monoisotopic (exact) mass is 473 g/mol. The third-order valence-corrected chi connectivity index (χ3v) is 5.80. The Morgan fingerprint density at radius 3 is 2.64 bits per heavy atom. The van der Waals surface area contributed by atoms with Crippen LogP contribution in [0.2, 0.25) is 0 Å². The van der Waals surface area contributed by atoms with Crippen LogP contribution in [0.25, 0.3) is 34.0 Å². The van der Waals surface area contributed by atoms with E-state index in [9.17, 15) is 10.1 Å². The van der Waals surface area contributed by atoms with Crippen LogP contribution in [0.15, 0.2) is 89.3 Å². The number of fused-ring (bicyclic) bond motifs is 1. The van der Waals surface area contributed by atoms with Gasteiger partial charge in [0.1, 0.15) is 23.4 Å². The fraction of sp³-hybridized carbons (Fsp3) is 0.100. The number of esters is 1. The van der Waals surface area contributed by atoms with E-state index in [-0.39, 0.29) is 5.97 Å². The molecule has 5 aromatic rings. The Bertz CT molecular complexity index is 1590. The molecule has 1 N–H and O–H groups in total. The average Bonchev–Trinajstić information content (AvgIpc) is 3.54. The van der Waals surface area contributed by atoms with Crippen LogP contribution >= 0.6 is 0 Å². The van der Waals surface area contributed by atoms with E-state index in [1.54, 1.807) is 24.3 Å². The molecule has 36 heavy (non-hydrogen) atoms. The molecule has 0 unspecified atom stereocenters. The van der Waals surface area contributed by atoms with Crippen molar-refractivity contribution in [3.05, 3.63) is 113 Å². The number of aryl methyl sites for hydroxylation is 1. The first-order valence-corrected chi connectivity index (χ1v) is 11.6. The van der Waals surface area contributed by atoms with Gasteiger partial charge in [0.2, 0.25) is 0 Å². The summed E-state index contributed by atoms with van der Waals surface area (Å²) in [6.45, 7) is 2.33. The van der Waals surface area contributed by atoms with Crippen LogP contribution in [0.1, 0.15) is 33.1 Å². The first-order valence-electron chi connectivity index (χ1n) is 11.6. The number of ether oxygens (including phenoxy) is 1. The van der Waals surface area contributed by atoms with Gasteiger partial charge in [0.05, 0.1) is 28.8 Å². The minimum Gasteiger partial charge on any atom is -0.462 e. The molecule has 0 fully saturated rings. The summed E-state index contributed by atoms with van der Waals surface area (Å²) in [5.41, 5.74) is 5.58. The molecular formula is C30H23N3O3. The second-order valence-corrected chi connectivity index (χ2v) is 8.43. The number of aromatic amines is 1. The first-order chi connectivity index (χ1) is 17.6. The summed E-state index contributed by atoms with van der Waals surface area (Å²) in [6, 6.07) is 28.7. The summed E-state index contributed by atoms with van der Waals surface area (Å²) in [6.07, 6.45) is 2.33. The number of hydrogen-bond acceptors (Lipinski definition) is 5. The molecule has 0 saturated carbocycles. The first kappa shape index (κ1) is 22.9. The van der Waals surface area contributed by atoms with Crippen molar-refractivity contribution in [2.75, 3.05) is 6.61 Å². The van der Waals surface area contributed by atoms with E-state index in [1.807, 2.05) is 73.7 Å². The predicted molar refractivity (Wildman–Crippen MR) is 139 cm³/mol. The number of benzene rings is 3. The van der Waals surface area contributed by atoms with Crippen molar-refractivity contribution >= 4 is 28.7 Å². The number of carbonyl (C=O) groups excluding carboxylic acids is 1. The van der Waals surface area contributed by atoms with Crippen LogP contribution in [0.4, 0.5) is 0 Å². The Labute approximate surface area is 208 Å². The third-order valence-electron chi connectivity index (χ3n) is 5.80. The Hall–Kier alpha value is -4.89. The molecule has 2 aromatic heterocycles. The maximum absolute atomic E-state index is 12.4. The van der Waals surface area contributed by atoms with Crippen molar-refractivity contribution in [3.63, 3.8) is 0 Å². The number of allylic oxidation sites excluding steroid dienone is 1. The number of H-pyrrole nitrogens is 1. The number of furan rings is 1. The van der Waals surface area contributed by atoms with Gasteiger partial charge in [-0.15, -0.1) is 0 Å². The summed E-state index contributed by atoms with van der Waals surface area (Å²) >= 11 is 0. The Balaban J connectivity index is 1.26. The van der Waals surface area contributed by atoms with E-state index < -0.39 is 0 Å². The molecule has 0 radical (unpaired) electrons. The fourth-order valence-electron chi connectivity index (χ4n) is 3.89. The molecule has 0 spiro atoms. The van der Waals surface area contributed by atoms with Crippen molar-refractivity contribution in [1.82, 2.24) is 9.97 Å². The van der Waals surface area contributed by atoms with Crippen molar-refractivity contribution in [1.29, 1.82) is 5.26 Å². The Kier molecular flexibility index (Phi) is 6.46. The number of nitriles is 1. The second-order valence-electron chi connectivity index (χ2n) is 8.43. The average molecular weight is 474 g/mol. The van der Waals surface area contributed by atoms with Crippen LogP contribution in [-0.4, -0.2) is 22.5 Å². The van der Waals surface area contributed by atoms with Gasteiger partial charge in [-0.05, 0) is 54.4 Å². The van der Waals surface area contributed by atoms with Crippen LogP contribution in [0.5, 0.6) is 0 Å². The van der Waals surface area contributed by atoms with E-state index >= 15 is 0 Å². The van der Waals surface area contributed by atoms with Gasteiger partial charge in [0.15, 0.2) is 0 Å². The molecule has 0 aliphatic rings. The van der Waals surface area contributed by atoms with Gasteiger partial charge in [0.25, 0.3) is 0 Å². The zero-order valence-electron chi connectivity index (χ0n) is 19.7. The van der Waals surface area contributed by atoms with Crippen LogP contribution in [0, 0.1) is 18.3 Å². The molecule has 2 heterocycles. The summed E-state index contributed by atoms with van der Waals surface area (Å²) < 4.78 is 11.3. The second kappa shape index (κ2) is 10.2. The topological polar surface area (TPSA) is 91.9 Å². The van der Waals surface area contributed by atoms with Gasteiger partial charge >= 0.3 is 5.97 Å². The molecule has 3 aromatic carbocycles. The third kappa shape index (κ3) is 5.11. The number of rotatable bonds is 7. The minimum atomic E-state index is -0.361. The molecule has 0 aliphatic heterocycles. The normalized spacial score (nSPS) is 11.4. The van der Waals surface area contributed by atoms with Gasteiger partial charge in [-0.2, -0.15) is 5.26 Å². The Morgan fingerprint density at radius 2 is 1.86 bits per heavy atom. The lowest BCUT2D eigenvalue weighted by atomic mass is 10.1. The van der Waals surface area contributed by atoms with Gasteiger partial charge in [-0.25, -0.2) is 9.78 Å². The highest BCUT2D eigenvalue weighted by molar-refractivity contribution is 5.91. The molecule has 0 amide bonds. The molecule has 6 heteroatoms. The maximum atomic E-state index is 12.4. The molecule has 0 saturated heterocycles. The fourth-order valence-corrected chi connectivity index (χ4v) is 3.89. The SMILES string of the molecule is Cc1ccc2nc(/C(C#N)=C\c3ccc(-c4ccc(C(=O)OCCc5ccccc5)cc4)o3)[nH]c2c1. The van der Waals surface area contributed by atoms with Crippen molar-refractivity contribution < 1.29 is 13.9 Å². The zero-order valence-corrected chi connectivity index (χ0v) is 19.7. The van der Waals surface area contributed by atoms with Crippen molar-refractivity contribution in [2.45, 2.75) is 13.3 Å². The van der Waals surface area contributed by atoms with E-state index in [0.717, 1.165) is 27.7 Å². The lowest BCUT2D eigenvalue weighted by Gasteiger charge is -2.05. The lowest BCUT2D eigenvalue weighted by Crippen LogP contribution is -2.08. The van der Waals surface area contributed by atoms with E-state index in [0.29, 0.717) is 41.5 Å². The van der Waals surface area contributed by atoms with Crippen LogP contribution in [0.3, 0.4) is 0 Å². The standard InChI is InChI=1S/C30H23N3O3/c1-20-7-13-26-27(17-20)33-29(32-26)24(19-31)18-25-12-14-28(36-25)22-8-10-23(11-9-22)30(34)35-16-15-21-5-3-2-4-6-21/h2-14,17-18H,15-16H2,1H3,(H,32,33)/b24-18-. The highest BCUT2D eigenvalue weighted by Gasteiger charge is 2.12. The van der Waals surface area contributed by atoms with E-state index in [1.165, 1.54) is 0 Å². The molecule has 0 atom stereocenters. The molecule has 176 valence electrons. The van der Waals surface area contributed by atoms with Gasteiger partial charge < -0.3 is 14.1 Å². The van der Waals surface area contributed by atoms with Gasteiger partial charge in [0, 0.05) is 18.1 Å². The number of carbonyl (C=O) groups is 1. The summed E-state index contributed by atoms with van der Waals surface area (Å²) in [7, 11) is 0. The molecule has 0 bridgehead atoms. The summed E-state index contributed by atoms with van der Waals surface area (Å²) in [5, 5.41) is 9.69. The summed E-state index contributed by atoms with van der Waals surface area (Å²) in [5.74, 6) is 1.29. The smallest absolute Gasteiger partial charge is 0.338 e. The summed E-state index contributed by atoms with van der Waals surface area (Å²) in [4.78, 5) is 20.1. The highest BCUT2D eigenvalue weighted by atomic mass is 16.5. The molecule has 0 aliphatic carbocycles. The quantitative estimate of drug-likeness (QED) is 0.212. The van der Waals surface area contributed by atoms with Gasteiger partial charge in [-0.3, -0.25) is 0 Å². The van der Waals surface area contributed by atoms with Crippen molar-refractivity contribution in [3.8, 4) is 17.4 Å². The van der Waals surface area contributed by atoms with E-state index in [2.05, 4.69) is 16.0 Å². The number of imidazole rings is 1. The predicted octanol–water partition coefficient (Wildman–Crippen LogP) is 6.60. The van der Waals surface area contributed by atoms with Crippen molar-refractivity contribution in [2.24, 2.45) is 0 Å². The number of hydrogen-bond donors (Lipinski definition) is 1. The highest BCUT2D eigenvalue weighted by Crippen LogP contribution is 2.26.